The molecule has 0 rings (SSSR count). The summed E-state index contributed by atoms with van der Waals surface area (Å²) in [6, 6.07) is -0.442. The molecule has 0 heterocycles. The summed E-state index contributed by atoms with van der Waals surface area (Å²) in [5, 5.41) is 13.8. The van der Waals surface area contributed by atoms with E-state index in [9.17, 15) is 9.59 Å². The van der Waals surface area contributed by atoms with Crippen LogP contribution in [0.25, 0.3) is 0 Å². The fourth-order valence-corrected chi connectivity index (χ4v) is 0.856. The molecule has 0 radical (unpaired) electrons. The number of hydrogen-bond acceptors (Lipinski definition) is 2. The summed E-state index contributed by atoms with van der Waals surface area (Å²) in [7, 11) is 0. The Hall–Kier alpha value is -1.26. The molecule has 3 N–H and O–H groups in total. The van der Waals surface area contributed by atoms with Gasteiger partial charge < -0.3 is 15.7 Å². The zero-order valence-corrected chi connectivity index (χ0v) is 9.76. The van der Waals surface area contributed by atoms with Gasteiger partial charge in [-0.25, -0.2) is 9.59 Å². The second-order valence-electron chi connectivity index (χ2n) is 4.49. The van der Waals surface area contributed by atoms with Crippen LogP contribution in [0.4, 0.5) is 4.79 Å². The van der Waals surface area contributed by atoms with Crippen LogP contribution in [0.1, 0.15) is 34.1 Å². The number of carboxylic acids is 1. The Morgan fingerprint density at radius 3 is 2.27 bits per heavy atom. The lowest BCUT2D eigenvalue weighted by Gasteiger charge is -2.21. The summed E-state index contributed by atoms with van der Waals surface area (Å²) in [5.41, 5.74) is -1.23. The van der Waals surface area contributed by atoms with Crippen LogP contribution in [-0.4, -0.2) is 29.2 Å². The minimum atomic E-state index is -1.23. The molecule has 2 amide bonds. The SMILES string of the molecule is CC(C)CCNC(=O)NC(C)(C)C(=O)O. The van der Waals surface area contributed by atoms with E-state index >= 15 is 0 Å². The number of carbonyl (C=O) groups excluding carboxylic acids is 1. The normalized spacial score (nSPS) is 11.3. The van der Waals surface area contributed by atoms with Crippen LogP contribution in [0, 0.1) is 5.92 Å². The quantitative estimate of drug-likeness (QED) is 0.646. The number of urea groups is 1. The van der Waals surface area contributed by atoms with Crippen molar-refractivity contribution in [2.24, 2.45) is 5.92 Å². The van der Waals surface area contributed by atoms with Crippen LogP contribution in [0.5, 0.6) is 0 Å². The summed E-state index contributed by atoms with van der Waals surface area (Å²) in [6.07, 6.45) is 0.876. The van der Waals surface area contributed by atoms with Crippen molar-refractivity contribution in [3.63, 3.8) is 0 Å². The highest BCUT2D eigenvalue weighted by molar-refractivity contribution is 5.85. The van der Waals surface area contributed by atoms with Gasteiger partial charge in [-0.15, -0.1) is 0 Å². The maximum absolute atomic E-state index is 11.3. The molecule has 0 saturated heterocycles. The van der Waals surface area contributed by atoms with Crippen LogP contribution < -0.4 is 10.6 Å². The van der Waals surface area contributed by atoms with Crippen molar-refractivity contribution >= 4 is 12.0 Å². The molecule has 0 aliphatic rings. The first-order chi connectivity index (χ1) is 6.75. The van der Waals surface area contributed by atoms with E-state index in [1.54, 1.807) is 0 Å². The first-order valence-corrected chi connectivity index (χ1v) is 5.05. The molecule has 0 aromatic carbocycles. The van der Waals surface area contributed by atoms with Gasteiger partial charge in [0, 0.05) is 6.54 Å². The number of carboxylic acid groups (broad SMARTS) is 1. The molecule has 0 bridgehead atoms. The van der Waals surface area contributed by atoms with Gasteiger partial charge in [-0.2, -0.15) is 0 Å². The van der Waals surface area contributed by atoms with Crippen LogP contribution >= 0.6 is 0 Å². The number of carbonyl (C=O) groups is 2. The molecule has 15 heavy (non-hydrogen) atoms. The van der Waals surface area contributed by atoms with E-state index in [0.29, 0.717) is 12.5 Å². The Bertz CT molecular complexity index is 237. The Morgan fingerprint density at radius 1 is 1.33 bits per heavy atom. The number of nitrogens with one attached hydrogen (secondary N) is 2. The van der Waals surface area contributed by atoms with Crippen molar-refractivity contribution in [1.82, 2.24) is 10.6 Å². The predicted octanol–water partition coefficient (Wildman–Crippen LogP) is 1.19. The van der Waals surface area contributed by atoms with Crippen molar-refractivity contribution in [2.75, 3.05) is 6.54 Å². The number of rotatable bonds is 5. The molecule has 0 saturated carbocycles. The van der Waals surface area contributed by atoms with E-state index in [1.807, 2.05) is 0 Å². The summed E-state index contributed by atoms with van der Waals surface area (Å²) >= 11 is 0. The average Bonchev–Trinajstić information content (AvgIpc) is 2.01. The van der Waals surface area contributed by atoms with Gasteiger partial charge >= 0.3 is 12.0 Å². The second-order valence-corrected chi connectivity index (χ2v) is 4.49. The van der Waals surface area contributed by atoms with Gasteiger partial charge in [0.05, 0.1) is 0 Å². The van der Waals surface area contributed by atoms with Crippen LogP contribution in [0.2, 0.25) is 0 Å². The van der Waals surface area contributed by atoms with Crippen molar-refractivity contribution in [3.8, 4) is 0 Å². The fraction of sp³-hybridized carbons (Fsp3) is 0.800. The minimum Gasteiger partial charge on any atom is -0.480 e. The zero-order valence-electron chi connectivity index (χ0n) is 9.76. The van der Waals surface area contributed by atoms with E-state index in [4.69, 9.17) is 5.11 Å². The number of hydrogen-bond donors (Lipinski definition) is 3. The molecule has 0 aliphatic heterocycles. The molecule has 88 valence electrons. The molecule has 0 fully saturated rings. The van der Waals surface area contributed by atoms with Gasteiger partial charge in [0.1, 0.15) is 5.54 Å². The Morgan fingerprint density at radius 2 is 1.87 bits per heavy atom. The third-order valence-corrected chi connectivity index (χ3v) is 1.97. The predicted molar refractivity (Wildman–Crippen MR) is 57.7 cm³/mol. The maximum Gasteiger partial charge on any atom is 0.328 e. The lowest BCUT2D eigenvalue weighted by molar-refractivity contribution is -0.142. The average molecular weight is 216 g/mol. The topological polar surface area (TPSA) is 78.4 Å². The fourth-order valence-electron chi connectivity index (χ4n) is 0.856. The molecular formula is C10H20N2O3. The highest BCUT2D eigenvalue weighted by Gasteiger charge is 2.28. The number of aliphatic carboxylic acids is 1. The maximum atomic E-state index is 11.3. The molecule has 0 atom stereocenters. The molecule has 0 aromatic heterocycles. The molecule has 0 aliphatic carbocycles. The molecule has 0 aromatic rings. The van der Waals surface area contributed by atoms with E-state index in [2.05, 4.69) is 24.5 Å². The van der Waals surface area contributed by atoms with Gasteiger partial charge in [0.15, 0.2) is 0 Å². The molecule has 5 heteroatoms. The van der Waals surface area contributed by atoms with Crippen molar-refractivity contribution in [1.29, 1.82) is 0 Å². The Kier molecular flexibility index (Phi) is 5.11. The molecular weight excluding hydrogens is 196 g/mol. The monoisotopic (exact) mass is 216 g/mol. The molecule has 0 spiro atoms. The lowest BCUT2D eigenvalue weighted by Crippen LogP contribution is -2.53. The van der Waals surface area contributed by atoms with E-state index in [1.165, 1.54) is 13.8 Å². The van der Waals surface area contributed by atoms with Crippen molar-refractivity contribution < 1.29 is 14.7 Å². The first-order valence-electron chi connectivity index (χ1n) is 5.05. The Balaban J connectivity index is 3.89. The highest BCUT2D eigenvalue weighted by atomic mass is 16.4. The summed E-state index contributed by atoms with van der Waals surface area (Å²) in [5.74, 6) is -0.542. The van der Waals surface area contributed by atoms with Gasteiger partial charge in [-0.05, 0) is 26.2 Å². The van der Waals surface area contributed by atoms with Crippen LogP contribution in [-0.2, 0) is 4.79 Å². The summed E-state index contributed by atoms with van der Waals surface area (Å²) < 4.78 is 0. The first kappa shape index (κ1) is 13.7. The molecule has 0 unspecified atom stereocenters. The van der Waals surface area contributed by atoms with E-state index in [0.717, 1.165) is 6.42 Å². The van der Waals surface area contributed by atoms with Gasteiger partial charge in [0.2, 0.25) is 0 Å². The molecule has 5 nitrogen and oxygen atoms in total. The van der Waals surface area contributed by atoms with Gasteiger partial charge in [0.25, 0.3) is 0 Å². The van der Waals surface area contributed by atoms with Crippen LogP contribution in [0.15, 0.2) is 0 Å². The van der Waals surface area contributed by atoms with E-state index < -0.39 is 17.5 Å². The summed E-state index contributed by atoms with van der Waals surface area (Å²) in [6.45, 7) is 7.55. The highest BCUT2D eigenvalue weighted by Crippen LogP contribution is 2.01. The largest absolute Gasteiger partial charge is 0.480 e. The van der Waals surface area contributed by atoms with Gasteiger partial charge in [-0.3, -0.25) is 0 Å². The Labute approximate surface area is 90.2 Å². The smallest absolute Gasteiger partial charge is 0.328 e. The third kappa shape index (κ3) is 5.93. The van der Waals surface area contributed by atoms with E-state index in [-0.39, 0.29) is 0 Å². The summed E-state index contributed by atoms with van der Waals surface area (Å²) in [4.78, 5) is 22.0. The standard InChI is InChI=1S/C10H20N2O3/c1-7(2)5-6-11-9(15)12-10(3,4)8(13)14/h7H,5-6H2,1-4H3,(H,13,14)(H2,11,12,15). The zero-order chi connectivity index (χ0) is 12.1. The van der Waals surface area contributed by atoms with Crippen molar-refractivity contribution in [3.05, 3.63) is 0 Å². The van der Waals surface area contributed by atoms with Crippen molar-refractivity contribution in [2.45, 2.75) is 39.7 Å². The lowest BCUT2D eigenvalue weighted by atomic mass is 10.1. The minimum absolute atomic E-state index is 0.442. The second kappa shape index (κ2) is 5.58. The third-order valence-electron chi connectivity index (χ3n) is 1.97. The number of amides is 2. The van der Waals surface area contributed by atoms with Crippen LogP contribution in [0.3, 0.4) is 0 Å². The van der Waals surface area contributed by atoms with Gasteiger partial charge in [-0.1, -0.05) is 13.8 Å².